The molecule has 1 aliphatic heterocycles. The Morgan fingerprint density at radius 3 is 3.05 bits per heavy atom. The van der Waals surface area contributed by atoms with Crippen LogP contribution in [0.3, 0.4) is 0 Å². The molecule has 1 fully saturated rings. The maximum Gasteiger partial charge on any atom is 0.0928 e. The highest BCUT2D eigenvalue weighted by Gasteiger charge is 2.19. The summed E-state index contributed by atoms with van der Waals surface area (Å²) in [7, 11) is 0. The molecule has 0 bridgehead atoms. The summed E-state index contributed by atoms with van der Waals surface area (Å²) in [5.74, 6) is 0.544. The molecule has 0 spiro atoms. The summed E-state index contributed by atoms with van der Waals surface area (Å²) in [6, 6.07) is 0.844. The topological polar surface area (TPSA) is 16.1 Å². The zero-order valence-electron chi connectivity index (χ0n) is 11.9. The molecule has 0 aliphatic carbocycles. The first-order valence-corrected chi connectivity index (χ1v) is 8.98. The first-order valence-electron chi connectivity index (χ1n) is 7.56. The minimum Gasteiger partial charge on any atom is -0.300 e. The van der Waals surface area contributed by atoms with Gasteiger partial charge in [-0.25, -0.2) is 4.98 Å². The maximum atomic E-state index is 5.77. The Morgan fingerprint density at radius 1 is 1.42 bits per heavy atom. The molecule has 0 saturated carbocycles. The van der Waals surface area contributed by atoms with Crippen molar-refractivity contribution in [2.45, 2.75) is 63.8 Å². The normalized spacial score (nSPS) is 20.8. The summed E-state index contributed by atoms with van der Waals surface area (Å²) < 4.78 is 0. The van der Waals surface area contributed by atoms with Crippen molar-refractivity contribution in [2.24, 2.45) is 0 Å². The number of hydrogen-bond acceptors (Lipinski definition) is 3. The number of aryl methyl sites for hydroxylation is 1. The van der Waals surface area contributed by atoms with Gasteiger partial charge in [-0.1, -0.05) is 13.3 Å². The van der Waals surface area contributed by atoms with Crippen LogP contribution in [0.25, 0.3) is 0 Å². The predicted molar refractivity (Wildman–Crippen MR) is 84.1 cm³/mol. The number of piperidine rings is 1. The van der Waals surface area contributed by atoms with Crippen molar-refractivity contribution in [1.82, 2.24) is 9.88 Å². The van der Waals surface area contributed by atoms with E-state index in [4.69, 9.17) is 11.6 Å². The van der Waals surface area contributed by atoms with Crippen LogP contribution in [-0.2, 0) is 12.3 Å². The third-order valence-electron chi connectivity index (χ3n) is 4.04. The van der Waals surface area contributed by atoms with E-state index in [2.05, 4.69) is 22.2 Å². The van der Waals surface area contributed by atoms with E-state index < -0.39 is 0 Å². The Morgan fingerprint density at radius 2 is 2.32 bits per heavy atom. The monoisotopic (exact) mass is 300 g/mol. The van der Waals surface area contributed by atoms with Crippen molar-refractivity contribution in [3.8, 4) is 0 Å². The standard InChI is InChI=1S/C15H25ClN2S/c1-2-14-7-3-5-9-18(14)10-6-4-8-15-17-13(11-16)12-19-15/h12,14H,2-11H2,1H3. The van der Waals surface area contributed by atoms with Crippen molar-refractivity contribution in [3.05, 3.63) is 16.1 Å². The minimum absolute atomic E-state index is 0.544. The molecular weight excluding hydrogens is 276 g/mol. The van der Waals surface area contributed by atoms with Crippen LogP contribution in [0.2, 0.25) is 0 Å². The zero-order chi connectivity index (χ0) is 13.5. The molecule has 1 unspecified atom stereocenters. The van der Waals surface area contributed by atoms with Gasteiger partial charge >= 0.3 is 0 Å². The lowest BCUT2D eigenvalue weighted by Crippen LogP contribution is -2.39. The summed E-state index contributed by atoms with van der Waals surface area (Å²) >= 11 is 7.53. The van der Waals surface area contributed by atoms with Crippen LogP contribution in [0.15, 0.2) is 5.38 Å². The van der Waals surface area contributed by atoms with Gasteiger partial charge in [0.15, 0.2) is 0 Å². The largest absolute Gasteiger partial charge is 0.300 e. The molecule has 19 heavy (non-hydrogen) atoms. The second kappa shape index (κ2) is 8.23. The van der Waals surface area contributed by atoms with Crippen LogP contribution >= 0.6 is 22.9 Å². The molecule has 1 saturated heterocycles. The second-order valence-electron chi connectivity index (χ2n) is 5.42. The zero-order valence-corrected chi connectivity index (χ0v) is 13.5. The van der Waals surface area contributed by atoms with Gasteiger partial charge in [-0.3, -0.25) is 0 Å². The van der Waals surface area contributed by atoms with Gasteiger partial charge < -0.3 is 4.90 Å². The molecule has 2 heterocycles. The number of nitrogens with zero attached hydrogens (tertiary/aromatic N) is 2. The van der Waals surface area contributed by atoms with Crippen molar-refractivity contribution >= 4 is 22.9 Å². The van der Waals surface area contributed by atoms with Gasteiger partial charge in [-0.15, -0.1) is 22.9 Å². The number of aromatic nitrogens is 1. The van der Waals surface area contributed by atoms with Crippen molar-refractivity contribution in [1.29, 1.82) is 0 Å². The lowest BCUT2D eigenvalue weighted by molar-refractivity contribution is 0.141. The number of rotatable bonds is 7. The summed E-state index contributed by atoms with van der Waals surface area (Å²) in [5, 5.41) is 3.33. The Hall–Kier alpha value is -0.120. The van der Waals surface area contributed by atoms with Crippen LogP contribution in [-0.4, -0.2) is 29.0 Å². The molecule has 0 amide bonds. The summed E-state index contributed by atoms with van der Waals surface area (Å²) in [6.45, 7) is 4.91. The van der Waals surface area contributed by atoms with E-state index in [1.165, 1.54) is 56.6 Å². The van der Waals surface area contributed by atoms with E-state index in [0.29, 0.717) is 5.88 Å². The molecule has 1 atom stereocenters. The van der Waals surface area contributed by atoms with E-state index in [9.17, 15) is 0 Å². The lowest BCUT2D eigenvalue weighted by atomic mass is 9.99. The van der Waals surface area contributed by atoms with Crippen LogP contribution in [0, 0.1) is 0 Å². The van der Waals surface area contributed by atoms with Crippen molar-refractivity contribution in [3.63, 3.8) is 0 Å². The maximum absolute atomic E-state index is 5.77. The van der Waals surface area contributed by atoms with Crippen molar-refractivity contribution in [2.75, 3.05) is 13.1 Å². The first-order chi connectivity index (χ1) is 9.33. The number of alkyl halides is 1. The van der Waals surface area contributed by atoms with Gasteiger partial charge in [0.25, 0.3) is 0 Å². The molecule has 1 aliphatic rings. The SMILES string of the molecule is CCC1CCCCN1CCCCc1nc(CCl)cs1. The number of likely N-dealkylation sites (tertiary alicyclic amines) is 1. The number of hydrogen-bond donors (Lipinski definition) is 0. The Balaban J connectivity index is 1.65. The van der Waals surface area contributed by atoms with Crippen molar-refractivity contribution < 1.29 is 0 Å². The van der Waals surface area contributed by atoms with E-state index >= 15 is 0 Å². The average molecular weight is 301 g/mol. The molecule has 1 aromatic rings. The Bertz CT molecular complexity index is 367. The van der Waals surface area contributed by atoms with Gasteiger partial charge in [0.1, 0.15) is 0 Å². The third-order valence-corrected chi connectivity index (χ3v) is 5.27. The van der Waals surface area contributed by atoms with E-state index in [-0.39, 0.29) is 0 Å². The minimum atomic E-state index is 0.544. The van der Waals surface area contributed by atoms with Gasteiger partial charge in [0, 0.05) is 11.4 Å². The molecule has 0 aromatic carbocycles. The Kier molecular flexibility index (Phi) is 6.62. The summed E-state index contributed by atoms with van der Waals surface area (Å²) in [4.78, 5) is 7.22. The number of thiazole rings is 1. The van der Waals surface area contributed by atoms with E-state index in [1.54, 1.807) is 11.3 Å². The number of halogens is 1. The molecular formula is C15H25ClN2S. The third kappa shape index (κ3) is 4.73. The highest BCUT2D eigenvalue weighted by atomic mass is 35.5. The molecule has 108 valence electrons. The molecule has 0 radical (unpaired) electrons. The smallest absolute Gasteiger partial charge is 0.0928 e. The highest BCUT2D eigenvalue weighted by molar-refractivity contribution is 7.09. The van der Waals surface area contributed by atoms with Crippen LogP contribution in [0.5, 0.6) is 0 Å². The van der Waals surface area contributed by atoms with Gasteiger partial charge in [0.2, 0.25) is 0 Å². The quantitative estimate of drug-likeness (QED) is 0.545. The summed E-state index contributed by atoms with van der Waals surface area (Å²) in [6.07, 6.45) is 9.20. The van der Waals surface area contributed by atoms with Gasteiger partial charge in [-0.05, 0) is 51.6 Å². The van der Waals surface area contributed by atoms with E-state index in [0.717, 1.165) is 18.2 Å². The second-order valence-corrected chi connectivity index (χ2v) is 6.63. The number of unbranched alkanes of at least 4 members (excludes halogenated alkanes) is 1. The van der Waals surface area contributed by atoms with E-state index in [1.807, 2.05) is 0 Å². The fraction of sp³-hybridized carbons (Fsp3) is 0.800. The highest BCUT2D eigenvalue weighted by Crippen LogP contribution is 2.20. The Labute approximate surface area is 126 Å². The van der Waals surface area contributed by atoms with Crippen LogP contribution in [0.1, 0.15) is 56.2 Å². The fourth-order valence-corrected chi connectivity index (χ4v) is 4.00. The average Bonchev–Trinajstić information content (AvgIpc) is 2.92. The molecule has 2 rings (SSSR count). The lowest BCUT2D eigenvalue weighted by Gasteiger charge is -2.35. The summed E-state index contributed by atoms with van der Waals surface area (Å²) in [5.41, 5.74) is 1.03. The fourth-order valence-electron chi connectivity index (χ4n) is 2.93. The van der Waals surface area contributed by atoms with Crippen LogP contribution in [0.4, 0.5) is 0 Å². The van der Waals surface area contributed by atoms with Crippen LogP contribution < -0.4 is 0 Å². The van der Waals surface area contributed by atoms with Gasteiger partial charge in [0.05, 0.1) is 16.6 Å². The van der Waals surface area contributed by atoms with Gasteiger partial charge in [-0.2, -0.15) is 0 Å². The molecule has 0 N–H and O–H groups in total. The molecule has 4 heteroatoms. The molecule has 2 nitrogen and oxygen atoms in total. The predicted octanol–water partition coefficient (Wildman–Crippen LogP) is 4.47. The molecule has 1 aromatic heterocycles. The first kappa shape index (κ1) is 15.3.